The van der Waals surface area contributed by atoms with Gasteiger partial charge in [-0.15, -0.1) is 0 Å². The average Bonchev–Trinajstić information content (AvgIpc) is 2.84. The molecular weight excluding hydrogens is 410 g/mol. The number of benzene rings is 2. The van der Waals surface area contributed by atoms with Crippen LogP contribution in [0.5, 0.6) is 5.75 Å². The van der Waals surface area contributed by atoms with Crippen LogP contribution in [0.25, 0.3) is 17.0 Å². The molecule has 4 rings (SSSR count). The Morgan fingerprint density at radius 2 is 1.76 bits per heavy atom. The highest BCUT2D eigenvalue weighted by Gasteiger charge is 2.22. The standard InChI is InChI=1S/C27H35N5O/c1-32(2)26-24-8-4-5-9-25(24)30-27(31-26)29-22-14-10-21(11-15-22)19-28-18-6-7-20-12-16-23(33-3)17-13-20/h4-9,12-13,16-17,21-22,28H,10-11,14-15,18-19H2,1-3H3,(H,29,30,31). The summed E-state index contributed by atoms with van der Waals surface area (Å²) in [6, 6.07) is 16.8. The van der Waals surface area contributed by atoms with E-state index >= 15 is 0 Å². The molecule has 0 bridgehead atoms. The molecule has 0 saturated heterocycles. The van der Waals surface area contributed by atoms with Gasteiger partial charge in [0.05, 0.1) is 12.6 Å². The molecule has 174 valence electrons. The van der Waals surface area contributed by atoms with Crippen molar-refractivity contribution >= 4 is 28.7 Å². The molecule has 0 aliphatic heterocycles. The fourth-order valence-electron chi connectivity index (χ4n) is 4.44. The number of rotatable bonds is 9. The topological polar surface area (TPSA) is 62.3 Å². The van der Waals surface area contributed by atoms with Crippen LogP contribution in [0.15, 0.2) is 54.6 Å². The average molecular weight is 446 g/mol. The highest BCUT2D eigenvalue weighted by molar-refractivity contribution is 5.90. The predicted octanol–water partition coefficient (Wildman–Crippen LogP) is 4.98. The molecule has 0 radical (unpaired) electrons. The third-order valence-electron chi connectivity index (χ3n) is 6.31. The largest absolute Gasteiger partial charge is 0.497 e. The van der Waals surface area contributed by atoms with Crippen molar-refractivity contribution in [1.82, 2.24) is 15.3 Å². The summed E-state index contributed by atoms with van der Waals surface area (Å²) in [4.78, 5) is 11.6. The fourth-order valence-corrected chi connectivity index (χ4v) is 4.44. The maximum absolute atomic E-state index is 5.20. The van der Waals surface area contributed by atoms with Crippen LogP contribution >= 0.6 is 0 Å². The number of fused-ring (bicyclic) bond motifs is 1. The lowest BCUT2D eigenvalue weighted by Gasteiger charge is -2.29. The number of hydrogen-bond donors (Lipinski definition) is 2. The number of nitrogens with zero attached hydrogens (tertiary/aromatic N) is 3. The van der Waals surface area contributed by atoms with Crippen LogP contribution in [-0.4, -0.2) is 50.3 Å². The molecule has 0 unspecified atom stereocenters. The monoisotopic (exact) mass is 445 g/mol. The minimum Gasteiger partial charge on any atom is -0.497 e. The van der Waals surface area contributed by atoms with Gasteiger partial charge in [-0.25, -0.2) is 4.98 Å². The van der Waals surface area contributed by atoms with Gasteiger partial charge in [0.1, 0.15) is 11.6 Å². The Hall–Kier alpha value is -3.12. The van der Waals surface area contributed by atoms with Crippen molar-refractivity contribution in [3.63, 3.8) is 0 Å². The summed E-state index contributed by atoms with van der Waals surface area (Å²) in [6.07, 6.45) is 9.10. The van der Waals surface area contributed by atoms with Gasteiger partial charge in [-0.3, -0.25) is 0 Å². The van der Waals surface area contributed by atoms with Gasteiger partial charge in [0, 0.05) is 32.1 Å². The van der Waals surface area contributed by atoms with E-state index < -0.39 is 0 Å². The summed E-state index contributed by atoms with van der Waals surface area (Å²) >= 11 is 0. The first-order valence-corrected chi connectivity index (χ1v) is 11.8. The number of ether oxygens (including phenoxy) is 1. The molecule has 2 aromatic carbocycles. The number of hydrogen-bond acceptors (Lipinski definition) is 6. The minimum absolute atomic E-state index is 0.437. The maximum Gasteiger partial charge on any atom is 0.225 e. The number of nitrogens with one attached hydrogen (secondary N) is 2. The Balaban J connectivity index is 1.22. The number of para-hydroxylation sites is 1. The van der Waals surface area contributed by atoms with Crippen LogP contribution in [0.2, 0.25) is 0 Å². The third kappa shape index (κ3) is 6.23. The molecule has 2 N–H and O–H groups in total. The Morgan fingerprint density at radius 3 is 2.48 bits per heavy atom. The zero-order valence-electron chi connectivity index (χ0n) is 19.9. The van der Waals surface area contributed by atoms with Crippen LogP contribution < -0.4 is 20.3 Å². The summed E-state index contributed by atoms with van der Waals surface area (Å²) in [5, 5.41) is 8.28. The summed E-state index contributed by atoms with van der Waals surface area (Å²) < 4.78 is 5.20. The van der Waals surface area contributed by atoms with E-state index in [1.165, 1.54) is 18.4 Å². The molecule has 6 heteroatoms. The van der Waals surface area contributed by atoms with E-state index in [9.17, 15) is 0 Å². The Bertz CT molecular complexity index is 1060. The molecule has 1 aromatic heterocycles. The first-order chi connectivity index (χ1) is 16.1. The van der Waals surface area contributed by atoms with Crippen molar-refractivity contribution < 1.29 is 4.74 Å². The van der Waals surface area contributed by atoms with Gasteiger partial charge in [0.2, 0.25) is 5.95 Å². The van der Waals surface area contributed by atoms with Gasteiger partial charge < -0.3 is 20.3 Å². The van der Waals surface area contributed by atoms with Gasteiger partial charge in [-0.05, 0) is 68.0 Å². The molecule has 1 fully saturated rings. The summed E-state index contributed by atoms with van der Waals surface area (Å²) in [6.45, 7) is 1.96. The van der Waals surface area contributed by atoms with Gasteiger partial charge in [-0.2, -0.15) is 4.98 Å². The van der Waals surface area contributed by atoms with Crippen LogP contribution in [0.4, 0.5) is 11.8 Å². The summed E-state index contributed by atoms with van der Waals surface area (Å²) in [5.41, 5.74) is 2.18. The molecule has 1 aliphatic rings. The lowest BCUT2D eigenvalue weighted by molar-refractivity contribution is 0.328. The first kappa shape index (κ1) is 23.1. The molecule has 1 aliphatic carbocycles. The van der Waals surface area contributed by atoms with Crippen LogP contribution in [0.3, 0.4) is 0 Å². The minimum atomic E-state index is 0.437. The third-order valence-corrected chi connectivity index (χ3v) is 6.31. The van der Waals surface area contributed by atoms with E-state index in [0.29, 0.717) is 6.04 Å². The number of methoxy groups -OCH3 is 1. The zero-order chi connectivity index (χ0) is 23.0. The maximum atomic E-state index is 5.20. The lowest BCUT2D eigenvalue weighted by atomic mass is 9.86. The van der Waals surface area contributed by atoms with Crippen molar-refractivity contribution in [2.45, 2.75) is 31.7 Å². The highest BCUT2D eigenvalue weighted by atomic mass is 16.5. The van der Waals surface area contributed by atoms with Crippen molar-refractivity contribution in [3.05, 3.63) is 60.2 Å². The molecule has 3 aromatic rings. The number of aromatic nitrogens is 2. The Kier molecular flexibility index (Phi) is 7.79. The fraction of sp³-hybridized carbons (Fsp3) is 0.407. The Labute approximate surface area is 197 Å². The van der Waals surface area contributed by atoms with E-state index in [4.69, 9.17) is 14.7 Å². The van der Waals surface area contributed by atoms with Gasteiger partial charge in [-0.1, -0.05) is 36.4 Å². The Morgan fingerprint density at radius 1 is 1.00 bits per heavy atom. The van der Waals surface area contributed by atoms with E-state index in [1.54, 1.807) is 7.11 Å². The van der Waals surface area contributed by atoms with Crippen molar-refractivity contribution in [1.29, 1.82) is 0 Å². The highest BCUT2D eigenvalue weighted by Crippen LogP contribution is 2.28. The van der Waals surface area contributed by atoms with E-state index in [2.05, 4.69) is 52.0 Å². The second-order valence-electron chi connectivity index (χ2n) is 8.98. The normalized spacial score (nSPS) is 18.5. The molecule has 33 heavy (non-hydrogen) atoms. The predicted molar refractivity (Wildman–Crippen MR) is 138 cm³/mol. The molecule has 6 nitrogen and oxygen atoms in total. The van der Waals surface area contributed by atoms with Crippen LogP contribution in [-0.2, 0) is 0 Å². The molecular formula is C27H35N5O. The molecule has 1 heterocycles. The quantitative estimate of drug-likeness (QED) is 0.453. The van der Waals surface area contributed by atoms with E-state index in [-0.39, 0.29) is 0 Å². The molecule has 0 amide bonds. The summed E-state index contributed by atoms with van der Waals surface area (Å²) in [5.74, 6) is 3.32. The first-order valence-electron chi connectivity index (χ1n) is 11.8. The van der Waals surface area contributed by atoms with Gasteiger partial charge in [0.15, 0.2) is 0 Å². The van der Waals surface area contributed by atoms with E-state index in [0.717, 1.165) is 60.3 Å². The van der Waals surface area contributed by atoms with Crippen LogP contribution in [0.1, 0.15) is 31.2 Å². The second kappa shape index (κ2) is 11.1. The van der Waals surface area contributed by atoms with Crippen molar-refractivity contribution in [2.75, 3.05) is 44.5 Å². The zero-order valence-corrected chi connectivity index (χ0v) is 19.9. The smallest absolute Gasteiger partial charge is 0.225 e. The van der Waals surface area contributed by atoms with E-state index in [1.807, 2.05) is 38.4 Å². The van der Waals surface area contributed by atoms with Crippen LogP contribution in [0, 0.1) is 5.92 Å². The second-order valence-corrected chi connectivity index (χ2v) is 8.98. The molecule has 0 spiro atoms. The van der Waals surface area contributed by atoms with Gasteiger partial charge >= 0.3 is 0 Å². The molecule has 1 saturated carbocycles. The molecule has 0 atom stereocenters. The summed E-state index contributed by atoms with van der Waals surface area (Å²) in [7, 11) is 5.75. The number of anilines is 2. The van der Waals surface area contributed by atoms with Gasteiger partial charge in [0.25, 0.3) is 0 Å². The lowest BCUT2D eigenvalue weighted by Crippen LogP contribution is -2.32. The van der Waals surface area contributed by atoms with Crippen molar-refractivity contribution in [2.24, 2.45) is 5.92 Å². The SMILES string of the molecule is COc1ccc(C=CCNCC2CCC(Nc3nc(N(C)C)c4ccccc4n3)CC2)cc1. The van der Waals surface area contributed by atoms with Crippen molar-refractivity contribution in [3.8, 4) is 5.75 Å².